The number of hydrogen-bond donors (Lipinski definition) is 1. The third-order valence-electron chi connectivity index (χ3n) is 9.74. The lowest BCUT2D eigenvalue weighted by molar-refractivity contribution is 0.224. The lowest BCUT2D eigenvalue weighted by Crippen LogP contribution is -2.32. The average molecular weight is 666 g/mol. The molecule has 0 saturated carbocycles. The van der Waals surface area contributed by atoms with E-state index in [1.165, 1.54) is 4.68 Å². The topological polar surface area (TPSA) is 91.0 Å². The largest absolute Gasteiger partial charge is 0.336 e. The highest BCUT2D eigenvalue weighted by Crippen LogP contribution is 2.55. The first kappa shape index (κ1) is 33.7. The molecule has 1 aliphatic carbocycles. The Hall–Kier alpha value is -4.21. The number of pyridine rings is 2. The molecular weight excluding hydrogens is 619 g/mol. The summed E-state index contributed by atoms with van der Waals surface area (Å²) in [6.07, 6.45) is 8.83. The Bertz CT molecular complexity index is 2150. The summed E-state index contributed by atoms with van der Waals surface area (Å²) in [7, 11) is 0.306. The van der Waals surface area contributed by atoms with E-state index in [4.69, 9.17) is 9.28 Å². The van der Waals surface area contributed by atoms with Crippen molar-refractivity contribution in [2.24, 2.45) is 7.05 Å². The minimum Gasteiger partial charge on any atom is -0.336 e. The fourth-order valence-electron chi connectivity index (χ4n) is 6.12. The zero-order chi connectivity index (χ0) is 34.8. The van der Waals surface area contributed by atoms with Crippen molar-refractivity contribution in [1.29, 1.82) is 0 Å². The van der Waals surface area contributed by atoms with Crippen LogP contribution in [0, 0.1) is 6.92 Å². The fraction of sp³-hybridized carbons (Fsp3) is 0.385. The van der Waals surface area contributed by atoms with Gasteiger partial charge in [0, 0.05) is 47.5 Å². The van der Waals surface area contributed by atoms with Gasteiger partial charge in [0.25, 0.3) is 11.1 Å². The molecule has 8 nitrogen and oxygen atoms in total. The molecule has 3 heterocycles. The highest BCUT2D eigenvalue weighted by atomic mass is 32.3. The summed E-state index contributed by atoms with van der Waals surface area (Å²) in [4.78, 5) is 32.4. The van der Waals surface area contributed by atoms with Crippen molar-refractivity contribution in [3.63, 3.8) is 0 Å². The van der Waals surface area contributed by atoms with Gasteiger partial charge in [-0.15, -0.1) is 10.3 Å². The summed E-state index contributed by atoms with van der Waals surface area (Å²) in [6.45, 7) is 15.1. The van der Waals surface area contributed by atoms with Crippen LogP contribution in [0.3, 0.4) is 0 Å². The first-order chi connectivity index (χ1) is 22.4. The Kier molecular flexibility index (Phi) is 8.45. The smallest absolute Gasteiger partial charge is 0.279 e. The molecule has 0 amide bonds. The Balaban J connectivity index is 1.56. The summed E-state index contributed by atoms with van der Waals surface area (Å²) in [5.41, 5.74) is 6.70. The van der Waals surface area contributed by atoms with E-state index in [2.05, 4.69) is 76.5 Å². The standard InChI is InChI=1S/C39H47N5O3S/c1-24-14-17-35(40-22-24)42-32-21-31-29-12-11-13-33(44-36(45)28-16-15-26(38(2,3)4)18-25(28)23-41-44)30(29)19-27(20-34(31)43(8)37(32)46)47-48(9,10)39(5,6)7/h11-18,21-23,27H,19-20H2,1-10H3,(H,40,42). The zero-order valence-electron chi connectivity index (χ0n) is 29.8. The van der Waals surface area contributed by atoms with Crippen molar-refractivity contribution in [2.75, 3.05) is 17.8 Å². The normalized spacial score (nSPS) is 15.5. The number of hydrogen-bond acceptors (Lipinski definition) is 6. The maximum atomic E-state index is 14.1. The van der Waals surface area contributed by atoms with Gasteiger partial charge in [-0.25, -0.2) is 4.98 Å². The number of benzene rings is 2. The number of aromatic nitrogens is 4. The average Bonchev–Trinajstić information content (AvgIpc) is 3.16. The Labute approximate surface area is 284 Å². The van der Waals surface area contributed by atoms with Crippen LogP contribution in [0.15, 0.2) is 76.6 Å². The van der Waals surface area contributed by atoms with Crippen molar-refractivity contribution in [2.45, 2.75) is 77.6 Å². The van der Waals surface area contributed by atoms with Crippen LogP contribution in [0.2, 0.25) is 0 Å². The number of fused-ring (bicyclic) bond motifs is 4. The number of rotatable bonds is 5. The SMILES string of the molecule is Cc1ccc(Nc2cc3c(n(C)c2=O)CC(OS(C)(C)C(C)(C)C)Cc2c-3cccc2-n2ncc3cc(C(C)(C)C)ccc3c2=O)nc1. The van der Waals surface area contributed by atoms with E-state index < -0.39 is 10.3 Å². The first-order valence-electron chi connectivity index (χ1n) is 16.4. The molecule has 48 heavy (non-hydrogen) atoms. The van der Waals surface area contributed by atoms with Crippen LogP contribution in [0.1, 0.15) is 63.9 Å². The highest BCUT2D eigenvalue weighted by molar-refractivity contribution is 8.29. The van der Waals surface area contributed by atoms with E-state index in [0.29, 0.717) is 35.4 Å². The molecule has 1 N–H and O–H groups in total. The van der Waals surface area contributed by atoms with Gasteiger partial charge in [0.15, 0.2) is 0 Å². The van der Waals surface area contributed by atoms with Gasteiger partial charge in [-0.1, -0.05) is 65.8 Å². The van der Waals surface area contributed by atoms with E-state index in [0.717, 1.165) is 38.9 Å². The van der Waals surface area contributed by atoms with Gasteiger partial charge >= 0.3 is 0 Å². The highest BCUT2D eigenvalue weighted by Gasteiger charge is 2.35. The molecule has 0 saturated heterocycles. The lowest BCUT2D eigenvalue weighted by Gasteiger charge is -2.46. The third kappa shape index (κ3) is 6.21. The van der Waals surface area contributed by atoms with Crippen LogP contribution in [-0.4, -0.2) is 42.7 Å². The molecule has 9 heteroatoms. The molecule has 0 aliphatic heterocycles. The second-order valence-corrected chi connectivity index (χ2v) is 19.2. The minimum absolute atomic E-state index is 0.0473. The summed E-state index contributed by atoms with van der Waals surface area (Å²) in [5, 5.41) is 9.44. The number of nitrogens with one attached hydrogen (secondary N) is 1. The molecule has 2 aromatic carbocycles. The van der Waals surface area contributed by atoms with Crippen LogP contribution in [-0.2, 0) is 29.5 Å². The molecule has 0 fully saturated rings. The van der Waals surface area contributed by atoms with Crippen LogP contribution in [0.5, 0.6) is 0 Å². The van der Waals surface area contributed by atoms with Crippen molar-refractivity contribution in [3.8, 4) is 16.8 Å². The molecule has 0 radical (unpaired) electrons. The van der Waals surface area contributed by atoms with Crippen molar-refractivity contribution < 1.29 is 4.18 Å². The van der Waals surface area contributed by atoms with E-state index >= 15 is 0 Å². The minimum atomic E-state index is -1.52. The molecule has 3 aromatic heterocycles. The summed E-state index contributed by atoms with van der Waals surface area (Å²) in [6, 6.07) is 17.8. The van der Waals surface area contributed by atoms with Gasteiger partial charge in [-0.3, -0.25) is 9.59 Å². The molecule has 6 rings (SSSR count). The van der Waals surface area contributed by atoms with Crippen molar-refractivity contribution >= 4 is 32.6 Å². The quantitative estimate of drug-likeness (QED) is 0.206. The first-order valence-corrected chi connectivity index (χ1v) is 18.8. The maximum absolute atomic E-state index is 14.1. The van der Waals surface area contributed by atoms with E-state index in [1.807, 2.05) is 56.4 Å². The van der Waals surface area contributed by atoms with Crippen LogP contribution in [0.4, 0.5) is 11.5 Å². The Morgan fingerprint density at radius 1 is 0.896 bits per heavy atom. The predicted octanol–water partition coefficient (Wildman–Crippen LogP) is 7.76. The number of anilines is 2. The predicted molar refractivity (Wildman–Crippen MR) is 200 cm³/mol. The van der Waals surface area contributed by atoms with Gasteiger partial charge in [0.05, 0.1) is 23.4 Å². The molecule has 5 aromatic rings. The van der Waals surface area contributed by atoms with Crippen LogP contribution in [0.25, 0.3) is 27.6 Å². The van der Waals surface area contributed by atoms with Crippen LogP contribution < -0.4 is 16.4 Å². The van der Waals surface area contributed by atoms with Crippen LogP contribution >= 0.6 is 10.3 Å². The molecule has 1 unspecified atom stereocenters. The fourth-order valence-corrected chi connectivity index (χ4v) is 7.22. The summed E-state index contributed by atoms with van der Waals surface area (Å²) >= 11 is 0. The third-order valence-corrected chi connectivity index (χ3v) is 13.4. The molecule has 252 valence electrons. The van der Waals surface area contributed by atoms with E-state index in [-0.39, 0.29) is 27.4 Å². The van der Waals surface area contributed by atoms with Gasteiger partial charge in [-0.05, 0) is 77.4 Å². The van der Waals surface area contributed by atoms with E-state index in [9.17, 15) is 9.59 Å². The molecule has 0 bridgehead atoms. The lowest BCUT2D eigenvalue weighted by atomic mass is 9.86. The van der Waals surface area contributed by atoms with Gasteiger partial charge < -0.3 is 14.1 Å². The molecular formula is C39H47N5O3S. The monoisotopic (exact) mass is 665 g/mol. The maximum Gasteiger partial charge on any atom is 0.279 e. The molecule has 0 spiro atoms. The second-order valence-electron chi connectivity index (χ2n) is 15.3. The number of aryl methyl sites for hydroxylation is 1. The van der Waals surface area contributed by atoms with Crippen molar-refractivity contribution in [1.82, 2.24) is 19.3 Å². The van der Waals surface area contributed by atoms with Gasteiger partial charge in [0.1, 0.15) is 11.5 Å². The molecule has 1 atom stereocenters. The molecule has 1 aliphatic rings. The second kappa shape index (κ2) is 12.0. The van der Waals surface area contributed by atoms with Gasteiger partial charge in [0.2, 0.25) is 0 Å². The van der Waals surface area contributed by atoms with E-state index in [1.54, 1.807) is 17.0 Å². The Morgan fingerprint density at radius 2 is 1.65 bits per heavy atom. The van der Waals surface area contributed by atoms with Gasteiger partial charge in [-0.2, -0.15) is 9.78 Å². The van der Waals surface area contributed by atoms with Crippen molar-refractivity contribution in [3.05, 3.63) is 110 Å². The summed E-state index contributed by atoms with van der Waals surface area (Å²) < 4.78 is 10.2. The summed E-state index contributed by atoms with van der Waals surface area (Å²) in [5.74, 6) is 0.596. The Morgan fingerprint density at radius 3 is 2.31 bits per heavy atom. The zero-order valence-corrected chi connectivity index (χ0v) is 30.6. The number of nitrogens with zero attached hydrogens (tertiary/aromatic N) is 4.